The van der Waals surface area contributed by atoms with E-state index in [4.69, 9.17) is 9.47 Å². The molecule has 0 aliphatic carbocycles. The minimum Gasteiger partial charge on any atom is -0.491 e. The van der Waals surface area contributed by atoms with E-state index in [0.717, 1.165) is 55.9 Å². The van der Waals surface area contributed by atoms with Crippen LogP contribution >= 0.6 is 11.8 Å². The average Bonchev–Trinajstić information content (AvgIpc) is 3.58. The van der Waals surface area contributed by atoms with Gasteiger partial charge in [-0.3, -0.25) is 9.59 Å². The highest BCUT2D eigenvalue weighted by Crippen LogP contribution is 2.44. The van der Waals surface area contributed by atoms with Gasteiger partial charge in [0.1, 0.15) is 12.4 Å². The number of thioether (sulfide) groups is 1. The second-order valence-corrected chi connectivity index (χ2v) is 16.4. The minimum absolute atomic E-state index is 0.000623. The number of carbonyl (C=O) groups is 2. The lowest BCUT2D eigenvalue weighted by atomic mass is 9.88. The quantitative estimate of drug-likeness (QED) is 0.139. The van der Waals surface area contributed by atoms with Crippen molar-refractivity contribution in [3.05, 3.63) is 102 Å². The third-order valence-electron chi connectivity index (χ3n) is 9.11. The summed E-state index contributed by atoms with van der Waals surface area (Å²) in [6.07, 6.45) is 2.90. The van der Waals surface area contributed by atoms with Gasteiger partial charge in [0, 0.05) is 69.6 Å². The zero-order valence-electron chi connectivity index (χ0n) is 29.8. The number of carboxylic acid groups (broad SMARTS) is 1. The maximum absolute atomic E-state index is 12.7. The molecule has 6 rings (SSSR count). The largest absolute Gasteiger partial charge is 0.491 e. The van der Waals surface area contributed by atoms with Crippen LogP contribution < -0.4 is 14.4 Å². The Kier molecular flexibility index (Phi) is 9.73. The van der Waals surface area contributed by atoms with Crippen LogP contribution in [0, 0.1) is 5.41 Å². The van der Waals surface area contributed by atoms with Crippen molar-refractivity contribution in [2.75, 3.05) is 18.6 Å². The lowest BCUT2D eigenvalue weighted by Gasteiger charge is -2.24. The van der Waals surface area contributed by atoms with E-state index in [1.54, 1.807) is 45.8 Å². The van der Waals surface area contributed by atoms with E-state index in [1.807, 2.05) is 41.3 Å². The Morgan fingerprint density at radius 2 is 1.68 bits per heavy atom. The number of amides is 1. The molecule has 1 N–H and O–H groups in total. The van der Waals surface area contributed by atoms with Crippen molar-refractivity contribution < 1.29 is 24.2 Å². The fourth-order valence-corrected chi connectivity index (χ4v) is 7.77. The van der Waals surface area contributed by atoms with Gasteiger partial charge >= 0.3 is 5.97 Å². The van der Waals surface area contributed by atoms with Gasteiger partial charge in [-0.15, -0.1) is 11.8 Å². The number of para-hydroxylation sites is 1. The summed E-state index contributed by atoms with van der Waals surface area (Å²) in [6, 6.07) is 26.3. The number of ether oxygens (including phenoxy) is 2. The Labute approximate surface area is 298 Å². The maximum Gasteiger partial charge on any atom is 0.309 e. The highest BCUT2D eigenvalue weighted by atomic mass is 32.2. The summed E-state index contributed by atoms with van der Waals surface area (Å²) < 4.78 is 13.8. The number of aromatic nitrogens is 2. The Balaban J connectivity index is 1.37. The third-order valence-corrected chi connectivity index (χ3v) is 10.4. The van der Waals surface area contributed by atoms with Gasteiger partial charge in [-0.1, -0.05) is 63.2 Å². The highest BCUT2D eigenvalue weighted by Gasteiger charge is 2.34. The number of aliphatic carboxylic acids is 1. The first-order chi connectivity index (χ1) is 23.7. The Hall–Kier alpha value is -4.76. The number of anilines is 1. The van der Waals surface area contributed by atoms with E-state index in [2.05, 4.69) is 72.8 Å². The monoisotopic (exact) mass is 691 g/mol. The maximum atomic E-state index is 12.7. The van der Waals surface area contributed by atoms with Gasteiger partial charge < -0.3 is 24.0 Å². The van der Waals surface area contributed by atoms with Crippen LogP contribution in [-0.4, -0.2) is 51.0 Å². The number of rotatable bonds is 11. The molecular weight excluding hydrogens is 647 g/mol. The molecule has 9 heteroatoms. The van der Waals surface area contributed by atoms with E-state index >= 15 is 0 Å². The topological polar surface area (TPSA) is 93.9 Å². The van der Waals surface area contributed by atoms with Gasteiger partial charge in [0.15, 0.2) is 0 Å². The average molecular weight is 692 g/mol. The van der Waals surface area contributed by atoms with Crippen molar-refractivity contribution in [3.63, 3.8) is 0 Å². The molecule has 1 aliphatic rings. The van der Waals surface area contributed by atoms with Crippen molar-refractivity contribution in [2.24, 2.45) is 5.41 Å². The molecule has 0 spiro atoms. The summed E-state index contributed by atoms with van der Waals surface area (Å²) in [4.78, 5) is 32.4. The summed E-state index contributed by atoms with van der Waals surface area (Å²) in [7, 11) is 1.60. The van der Waals surface area contributed by atoms with Crippen LogP contribution in [0.5, 0.6) is 11.6 Å². The van der Waals surface area contributed by atoms with Crippen molar-refractivity contribution in [1.29, 1.82) is 0 Å². The molecule has 1 amide bonds. The molecule has 0 saturated carbocycles. The Morgan fingerprint density at radius 3 is 2.32 bits per heavy atom. The van der Waals surface area contributed by atoms with Crippen molar-refractivity contribution in [3.8, 4) is 22.8 Å². The molecule has 0 fully saturated rings. The van der Waals surface area contributed by atoms with Crippen LogP contribution in [0.15, 0.2) is 90.0 Å². The van der Waals surface area contributed by atoms with Gasteiger partial charge in [0.2, 0.25) is 11.8 Å². The Morgan fingerprint density at radius 1 is 0.960 bits per heavy atom. The fourth-order valence-electron chi connectivity index (χ4n) is 6.59. The van der Waals surface area contributed by atoms with Crippen LogP contribution in [-0.2, 0) is 29.0 Å². The molecule has 5 aromatic rings. The molecule has 8 nitrogen and oxygen atoms in total. The molecule has 1 atom stereocenters. The number of benzene rings is 3. The molecule has 50 heavy (non-hydrogen) atoms. The van der Waals surface area contributed by atoms with Crippen LogP contribution in [0.4, 0.5) is 5.69 Å². The fraction of sp³-hybridized carbons (Fsp3) is 0.341. The van der Waals surface area contributed by atoms with Gasteiger partial charge in [0.25, 0.3) is 0 Å². The normalized spacial score (nSPS) is 14.5. The standard InChI is InChI=1S/C41H45N3O5S/c1-26(45)44-31(20-29-10-8-9-11-34(29)44)25-49-32-17-18-35-33(21-32)38(50-40(2,3)4)36(22-41(5,6)39(46)47)43(35)24-27-12-14-28(15-13-27)30-16-19-37(48-7)42-23-30/h8-19,21,23,31H,20,22,24-25H2,1-7H3,(H,46,47)/t31-/m0/s1. The molecule has 0 unspecified atom stereocenters. The molecule has 3 aromatic carbocycles. The smallest absolute Gasteiger partial charge is 0.309 e. The van der Waals surface area contributed by atoms with Crippen LogP contribution in [0.2, 0.25) is 0 Å². The number of carboxylic acids is 1. The van der Waals surface area contributed by atoms with Crippen LogP contribution in [0.3, 0.4) is 0 Å². The summed E-state index contributed by atoms with van der Waals surface area (Å²) in [5.41, 5.74) is 6.25. The first kappa shape index (κ1) is 35.1. The van der Waals surface area contributed by atoms with E-state index in [-0.39, 0.29) is 16.7 Å². The lowest BCUT2D eigenvalue weighted by molar-refractivity contribution is -0.146. The van der Waals surface area contributed by atoms with E-state index in [0.29, 0.717) is 31.2 Å². The zero-order valence-corrected chi connectivity index (χ0v) is 30.6. The molecule has 2 aromatic heterocycles. The van der Waals surface area contributed by atoms with Gasteiger partial charge in [0.05, 0.1) is 18.6 Å². The number of hydrogen-bond donors (Lipinski definition) is 1. The molecule has 0 bridgehead atoms. The number of methoxy groups -OCH3 is 1. The van der Waals surface area contributed by atoms with Gasteiger partial charge in [-0.05, 0) is 67.3 Å². The van der Waals surface area contributed by atoms with Crippen molar-refractivity contribution in [2.45, 2.75) is 76.6 Å². The highest BCUT2D eigenvalue weighted by molar-refractivity contribution is 8.00. The summed E-state index contributed by atoms with van der Waals surface area (Å²) in [5, 5.41) is 11.2. The van der Waals surface area contributed by atoms with Gasteiger partial charge in [-0.25, -0.2) is 4.98 Å². The molecule has 0 saturated heterocycles. The Bertz CT molecular complexity index is 2030. The van der Waals surface area contributed by atoms with Crippen molar-refractivity contribution in [1.82, 2.24) is 9.55 Å². The SMILES string of the molecule is COc1ccc(-c2ccc(Cn3c(CC(C)(C)C(=O)O)c(SC(C)(C)C)c4cc(OC[C@@H]5Cc6ccccc6N5C(C)=O)ccc43)cc2)cn1. The second-order valence-electron chi connectivity index (χ2n) is 14.6. The van der Waals surface area contributed by atoms with Crippen LogP contribution in [0.1, 0.15) is 58.4 Å². The summed E-state index contributed by atoms with van der Waals surface area (Å²) >= 11 is 1.75. The van der Waals surface area contributed by atoms with Crippen LogP contribution in [0.25, 0.3) is 22.0 Å². The first-order valence-corrected chi connectivity index (χ1v) is 17.7. The summed E-state index contributed by atoms with van der Waals surface area (Å²) in [5.74, 6) is 0.446. The molecular formula is C41H45N3O5S. The summed E-state index contributed by atoms with van der Waals surface area (Å²) in [6.45, 7) is 12.6. The number of fused-ring (bicyclic) bond motifs is 2. The first-order valence-electron chi connectivity index (χ1n) is 16.9. The molecule has 0 radical (unpaired) electrons. The third kappa shape index (κ3) is 7.38. The second kappa shape index (κ2) is 13.9. The number of hydrogen-bond acceptors (Lipinski definition) is 6. The van der Waals surface area contributed by atoms with Crippen molar-refractivity contribution >= 4 is 40.2 Å². The number of carbonyl (C=O) groups excluding carboxylic acids is 1. The predicted octanol–water partition coefficient (Wildman–Crippen LogP) is 8.66. The zero-order chi connectivity index (χ0) is 35.8. The van der Waals surface area contributed by atoms with E-state index < -0.39 is 11.4 Å². The molecule has 1 aliphatic heterocycles. The minimum atomic E-state index is -0.989. The predicted molar refractivity (Wildman–Crippen MR) is 201 cm³/mol. The van der Waals surface area contributed by atoms with E-state index in [9.17, 15) is 14.7 Å². The molecule has 3 heterocycles. The number of pyridine rings is 1. The van der Waals surface area contributed by atoms with E-state index in [1.165, 1.54) is 0 Å². The van der Waals surface area contributed by atoms with Gasteiger partial charge in [-0.2, -0.15) is 0 Å². The lowest BCUT2D eigenvalue weighted by Crippen LogP contribution is -2.40. The molecule has 260 valence electrons. The number of nitrogens with zero attached hydrogens (tertiary/aromatic N) is 3.